The second-order valence-electron chi connectivity index (χ2n) is 8.60. The predicted octanol–water partition coefficient (Wildman–Crippen LogP) is 0.640. The molecule has 0 atom stereocenters. The van der Waals surface area contributed by atoms with Gasteiger partial charge in [0.15, 0.2) is 0 Å². The van der Waals surface area contributed by atoms with Gasteiger partial charge in [0.2, 0.25) is 11.8 Å². The minimum Gasteiger partial charge on any atom is -0.339 e. The minimum absolute atomic E-state index is 0.218. The zero-order valence-electron chi connectivity index (χ0n) is 18.8. The zero-order valence-corrected chi connectivity index (χ0v) is 18.8. The van der Waals surface area contributed by atoms with E-state index >= 15 is 0 Å². The molecule has 1 saturated heterocycles. The van der Waals surface area contributed by atoms with E-state index in [0.29, 0.717) is 19.5 Å². The Bertz CT molecular complexity index is 1120. The lowest BCUT2D eigenvalue weighted by atomic mass is 10.1. The molecule has 3 aliphatic rings. The van der Waals surface area contributed by atoms with Crippen molar-refractivity contribution in [3.63, 3.8) is 0 Å². The van der Waals surface area contributed by atoms with Crippen LogP contribution in [0, 0.1) is 0 Å². The summed E-state index contributed by atoms with van der Waals surface area (Å²) in [6, 6.07) is 12.9. The number of nitrogens with zero attached hydrogens (tertiary/aromatic N) is 4. The number of carbonyl (C=O) groups is 6. The third kappa shape index (κ3) is 3.86. The summed E-state index contributed by atoms with van der Waals surface area (Å²) < 4.78 is 0. The van der Waals surface area contributed by atoms with Crippen LogP contribution in [0.4, 0.5) is 0 Å². The van der Waals surface area contributed by atoms with Gasteiger partial charge in [-0.2, -0.15) is 0 Å². The summed E-state index contributed by atoms with van der Waals surface area (Å²) in [5.41, 5.74) is 1.13. The second kappa shape index (κ2) is 8.79. The largest absolute Gasteiger partial charge is 0.339 e. The Morgan fingerprint density at radius 2 is 0.857 bits per heavy atom. The molecule has 0 aromatic heterocycles. The van der Waals surface area contributed by atoms with E-state index in [1.165, 1.54) is 9.80 Å². The minimum atomic E-state index is -0.494. The first-order valence-corrected chi connectivity index (χ1v) is 11.3. The number of benzene rings is 2. The molecule has 0 radical (unpaired) electrons. The van der Waals surface area contributed by atoms with Crippen molar-refractivity contribution in [1.29, 1.82) is 0 Å². The number of carbonyl (C=O) groups excluding carboxylic acids is 6. The van der Waals surface area contributed by atoms with E-state index in [0.717, 1.165) is 9.80 Å². The fraction of sp³-hybridized carbons (Fsp3) is 0.280. The molecular formula is C25H22N4O6. The Morgan fingerprint density at radius 3 is 1.17 bits per heavy atom. The van der Waals surface area contributed by atoms with Crippen molar-refractivity contribution in [3.05, 3.63) is 70.8 Å². The van der Waals surface area contributed by atoms with Gasteiger partial charge in [0.05, 0.1) is 22.3 Å². The molecule has 10 nitrogen and oxygen atoms in total. The van der Waals surface area contributed by atoms with E-state index in [1.807, 2.05) is 0 Å². The van der Waals surface area contributed by atoms with E-state index in [-0.39, 0.29) is 60.2 Å². The maximum Gasteiger partial charge on any atom is 0.262 e. The number of amides is 6. The van der Waals surface area contributed by atoms with Crippen molar-refractivity contribution in [2.24, 2.45) is 0 Å². The van der Waals surface area contributed by atoms with Crippen LogP contribution in [0.1, 0.15) is 47.9 Å². The molecule has 3 aliphatic heterocycles. The van der Waals surface area contributed by atoms with Crippen LogP contribution in [0.5, 0.6) is 0 Å². The molecule has 1 fully saturated rings. The SMILES string of the molecule is O=C(CN1C(=O)c2ccccc2C1=O)N1CCCN(C(=O)CN2C(=O)c3ccccc3C2=O)CC1. The first kappa shape index (κ1) is 22.5. The van der Waals surface area contributed by atoms with Crippen molar-refractivity contribution in [2.45, 2.75) is 6.42 Å². The van der Waals surface area contributed by atoms with Gasteiger partial charge in [0.1, 0.15) is 13.1 Å². The Labute approximate surface area is 200 Å². The maximum atomic E-state index is 12.9. The summed E-state index contributed by atoms with van der Waals surface area (Å²) in [7, 11) is 0. The lowest BCUT2D eigenvalue weighted by Gasteiger charge is -2.25. The van der Waals surface area contributed by atoms with Crippen LogP contribution in [0.2, 0.25) is 0 Å². The van der Waals surface area contributed by atoms with Gasteiger partial charge in [-0.05, 0) is 30.7 Å². The third-order valence-corrected chi connectivity index (χ3v) is 6.54. The summed E-state index contributed by atoms with van der Waals surface area (Å²) in [5, 5.41) is 0. The molecule has 10 heteroatoms. The summed E-state index contributed by atoms with van der Waals surface area (Å²) >= 11 is 0. The molecule has 0 N–H and O–H groups in total. The highest BCUT2D eigenvalue weighted by Gasteiger charge is 2.39. The monoisotopic (exact) mass is 474 g/mol. The van der Waals surface area contributed by atoms with Crippen molar-refractivity contribution in [3.8, 4) is 0 Å². The van der Waals surface area contributed by atoms with Crippen molar-refractivity contribution >= 4 is 35.4 Å². The summed E-state index contributed by atoms with van der Waals surface area (Å²) in [6.07, 6.45) is 0.488. The highest BCUT2D eigenvalue weighted by molar-refractivity contribution is 6.23. The molecule has 0 spiro atoms. The lowest BCUT2D eigenvalue weighted by Crippen LogP contribution is -2.46. The topological polar surface area (TPSA) is 115 Å². The Hall–Kier alpha value is -4.34. The number of hydrogen-bond donors (Lipinski definition) is 0. The molecule has 2 aromatic carbocycles. The Kier molecular flexibility index (Phi) is 5.64. The lowest BCUT2D eigenvalue weighted by molar-refractivity contribution is -0.133. The number of imide groups is 2. The molecule has 0 saturated carbocycles. The van der Waals surface area contributed by atoms with Gasteiger partial charge < -0.3 is 9.80 Å². The number of fused-ring (bicyclic) bond motifs is 2. The van der Waals surface area contributed by atoms with Gasteiger partial charge >= 0.3 is 0 Å². The van der Waals surface area contributed by atoms with Gasteiger partial charge in [0.25, 0.3) is 23.6 Å². The van der Waals surface area contributed by atoms with E-state index in [4.69, 9.17) is 0 Å². The van der Waals surface area contributed by atoms with E-state index in [9.17, 15) is 28.8 Å². The molecule has 5 rings (SSSR count). The fourth-order valence-corrected chi connectivity index (χ4v) is 4.65. The number of hydrogen-bond acceptors (Lipinski definition) is 6. The van der Waals surface area contributed by atoms with Gasteiger partial charge in [-0.15, -0.1) is 0 Å². The fourth-order valence-electron chi connectivity index (χ4n) is 4.65. The smallest absolute Gasteiger partial charge is 0.262 e. The molecule has 6 amide bonds. The van der Waals surface area contributed by atoms with Crippen LogP contribution < -0.4 is 0 Å². The molecule has 0 unspecified atom stereocenters. The molecule has 0 bridgehead atoms. The average Bonchev–Trinajstić information content (AvgIpc) is 3.12. The summed E-state index contributed by atoms with van der Waals surface area (Å²) in [6.45, 7) is 0.425. The Morgan fingerprint density at radius 1 is 0.543 bits per heavy atom. The second-order valence-corrected chi connectivity index (χ2v) is 8.60. The zero-order chi connectivity index (χ0) is 24.7. The van der Waals surface area contributed by atoms with Crippen LogP contribution >= 0.6 is 0 Å². The van der Waals surface area contributed by atoms with Gasteiger partial charge in [-0.25, -0.2) is 0 Å². The predicted molar refractivity (Wildman–Crippen MR) is 121 cm³/mol. The normalized spacial score (nSPS) is 17.6. The quantitative estimate of drug-likeness (QED) is 0.601. The summed E-state index contributed by atoms with van der Waals surface area (Å²) in [5.74, 6) is -2.74. The van der Waals surface area contributed by atoms with Crippen LogP contribution in [-0.4, -0.2) is 94.3 Å². The molecule has 178 valence electrons. The first-order chi connectivity index (χ1) is 16.9. The molecule has 35 heavy (non-hydrogen) atoms. The average molecular weight is 474 g/mol. The van der Waals surface area contributed by atoms with Crippen LogP contribution in [0.15, 0.2) is 48.5 Å². The van der Waals surface area contributed by atoms with Crippen LogP contribution in [-0.2, 0) is 9.59 Å². The van der Waals surface area contributed by atoms with E-state index in [2.05, 4.69) is 0 Å². The van der Waals surface area contributed by atoms with Crippen LogP contribution in [0.3, 0.4) is 0 Å². The molecule has 3 heterocycles. The molecular weight excluding hydrogens is 452 g/mol. The van der Waals surface area contributed by atoms with Crippen molar-refractivity contribution < 1.29 is 28.8 Å². The highest BCUT2D eigenvalue weighted by Crippen LogP contribution is 2.23. The molecule has 2 aromatic rings. The van der Waals surface area contributed by atoms with Gasteiger partial charge in [0, 0.05) is 26.2 Å². The first-order valence-electron chi connectivity index (χ1n) is 11.3. The standard InChI is InChI=1S/C25H22N4O6/c30-20(14-28-22(32)16-6-1-2-7-17(16)23(28)33)26-10-5-11-27(13-12-26)21(31)15-29-24(34)18-8-3-4-9-19(18)25(29)35/h1-4,6-9H,5,10-15H2. The van der Waals surface area contributed by atoms with E-state index < -0.39 is 23.6 Å². The Balaban J connectivity index is 1.18. The van der Waals surface area contributed by atoms with Crippen LogP contribution in [0.25, 0.3) is 0 Å². The van der Waals surface area contributed by atoms with Crippen molar-refractivity contribution in [1.82, 2.24) is 19.6 Å². The maximum absolute atomic E-state index is 12.9. The molecule has 0 aliphatic carbocycles. The summed E-state index contributed by atoms with van der Waals surface area (Å²) in [4.78, 5) is 81.0. The van der Waals surface area contributed by atoms with Gasteiger partial charge in [-0.3, -0.25) is 38.6 Å². The van der Waals surface area contributed by atoms with Gasteiger partial charge in [-0.1, -0.05) is 24.3 Å². The highest BCUT2D eigenvalue weighted by atomic mass is 16.2. The van der Waals surface area contributed by atoms with Crippen molar-refractivity contribution in [2.75, 3.05) is 39.3 Å². The third-order valence-electron chi connectivity index (χ3n) is 6.54. The van der Waals surface area contributed by atoms with E-state index in [1.54, 1.807) is 48.5 Å². The number of rotatable bonds is 4.